The summed E-state index contributed by atoms with van der Waals surface area (Å²) in [6.45, 7) is 4.38. The van der Waals surface area contributed by atoms with E-state index in [2.05, 4.69) is 0 Å². The second-order valence-corrected chi connectivity index (χ2v) is 12.0. The van der Waals surface area contributed by atoms with Crippen LogP contribution in [-0.2, 0) is 21.9 Å². The maximum absolute atomic E-state index is 13.4. The Bertz CT molecular complexity index is 1500. The Morgan fingerprint density at radius 3 is 2.35 bits per heavy atom. The number of aromatic nitrogens is 1. The van der Waals surface area contributed by atoms with Crippen molar-refractivity contribution in [3.63, 3.8) is 0 Å². The third-order valence-electron chi connectivity index (χ3n) is 7.46. The summed E-state index contributed by atoms with van der Waals surface area (Å²) in [5.41, 5.74) is 1.60. The number of amides is 1. The van der Waals surface area contributed by atoms with E-state index in [-0.39, 0.29) is 16.8 Å². The Kier molecular flexibility index (Phi) is 6.27. The van der Waals surface area contributed by atoms with Crippen molar-refractivity contribution in [2.75, 3.05) is 27.3 Å². The number of hydrogen-bond donors (Lipinski definition) is 0. The number of piperidine rings is 1. The number of nitrogens with zero attached hydrogens (tertiary/aromatic N) is 4. The van der Waals surface area contributed by atoms with Crippen molar-refractivity contribution < 1.29 is 22.7 Å². The number of hydrogen-bond acceptors (Lipinski definition) is 6. The zero-order chi connectivity index (χ0) is 26.5. The van der Waals surface area contributed by atoms with E-state index in [4.69, 9.17) is 14.6 Å². The van der Waals surface area contributed by atoms with Crippen molar-refractivity contribution in [2.24, 2.45) is 17.6 Å². The van der Waals surface area contributed by atoms with Gasteiger partial charge in [0.15, 0.2) is 11.5 Å². The quantitative estimate of drug-likeness (QED) is 0.491. The summed E-state index contributed by atoms with van der Waals surface area (Å²) >= 11 is 0. The number of carbonyl (C=O) groups excluding carboxylic acids is 1. The second kappa shape index (κ2) is 9.18. The number of rotatable bonds is 6. The first-order chi connectivity index (χ1) is 17.6. The molecule has 3 heterocycles. The third-order valence-corrected chi connectivity index (χ3v) is 9.36. The van der Waals surface area contributed by atoms with Gasteiger partial charge in [0, 0.05) is 42.8 Å². The molecule has 0 radical (unpaired) electrons. The average molecular weight is 525 g/mol. The molecule has 5 rings (SSSR count). The lowest BCUT2D eigenvalue weighted by Gasteiger charge is -2.35. The highest BCUT2D eigenvalue weighted by Crippen LogP contribution is 2.38. The topological polar surface area (TPSA) is 93.4 Å². The van der Waals surface area contributed by atoms with Crippen LogP contribution in [0.4, 0.5) is 0 Å². The number of hydrazone groups is 1. The van der Waals surface area contributed by atoms with E-state index in [1.807, 2.05) is 55.9 Å². The van der Waals surface area contributed by atoms with Gasteiger partial charge in [0.05, 0.1) is 36.3 Å². The van der Waals surface area contributed by atoms with Gasteiger partial charge < -0.3 is 14.0 Å². The molecule has 196 valence electrons. The van der Waals surface area contributed by atoms with Crippen molar-refractivity contribution in [3.05, 3.63) is 54.2 Å². The molecule has 0 bridgehead atoms. The Hall–Kier alpha value is -3.37. The van der Waals surface area contributed by atoms with E-state index in [0.717, 1.165) is 16.5 Å². The third kappa shape index (κ3) is 4.18. The van der Waals surface area contributed by atoms with Gasteiger partial charge in [-0.25, -0.2) is 13.4 Å². The maximum Gasteiger partial charge on any atom is 0.254 e. The van der Waals surface area contributed by atoms with E-state index in [9.17, 15) is 13.2 Å². The molecule has 2 aliphatic heterocycles. The first-order valence-electron chi connectivity index (χ1n) is 12.3. The van der Waals surface area contributed by atoms with Crippen LogP contribution in [0.3, 0.4) is 0 Å². The van der Waals surface area contributed by atoms with E-state index in [0.29, 0.717) is 43.1 Å². The number of benzene rings is 2. The van der Waals surface area contributed by atoms with Crippen LogP contribution in [0.5, 0.6) is 11.5 Å². The number of methoxy groups -OCH3 is 2. The van der Waals surface area contributed by atoms with Gasteiger partial charge in [0.2, 0.25) is 10.0 Å². The zero-order valence-corrected chi connectivity index (χ0v) is 22.6. The molecule has 1 saturated heterocycles. The Balaban J connectivity index is 1.35. The standard InChI is InChI=1S/C27H32N4O5S/c1-27(2)25(19-6-9-23(35-4)24(17-19)36-5)28-31(26(27)32)20-11-14-30(15-12-20)37(33,34)21-7-8-22-18(16-21)10-13-29(22)3/h6-10,13,16-17,20H,11-12,14-15H2,1-5H3. The molecule has 0 aliphatic carbocycles. The first kappa shape index (κ1) is 25.3. The molecule has 1 amide bonds. The lowest BCUT2D eigenvalue weighted by Crippen LogP contribution is -2.47. The minimum absolute atomic E-state index is 0.0897. The van der Waals surface area contributed by atoms with Gasteiger partial charge >= 0.3 is 0 Å². The van der Waals surface area contributed by atoms with Crippen LogP contribution < -0.4 is 9.47 Å². The van der Waals surface area contributed by atoms with Gasteiger partial charge in [-0.3, -0.25) is 4.79 Å². The molecule has 9 nitrogen and oxygen atoms in total. The smallest absolute Gasteiger partial charge is 0.254 e. The lowest BCUT2D eigenvalue weighted by atomic mass is 9.83. The molecule has 2 aromatic carbocycles. The number of ether oxygens (including phenoxy) is 2. The summed E-state index contributed by atoms with van der Waals surface area (Å²) in [4.78, 5) is 13.7. The highest BCUT2D eigenvalue weighted by Gasteiger charge is 2.47. The van der Waals surface area contributed by atoms with Gasteiger partial charge in [-0.05, 0) is 69.2 Å². The summed E-state index contributed by atoms with van der Waals surface area (Å²) in [5, 5.41) is 7.21. The zero-order valence-electron chi connectivity index (χ0n) is 21.8. The van der Waals surface area contributed by atoms with E-state index in [1.54, 1.807) is 37.4 Å². The minimum atomic E-state index is -3.64. The fourth-order valence-electron chi connectivity index (χ4n) is 5.21. The number of carbonyl (C=O) groups is 1. The van der Waals surface area contributed by atoms with Crippen LogP contribution in [0.25, 0.3) is 10.9 Å². The molecule has 0 saturated carbocycles. The Labute approximate surface area is 217 Å². The summed E-state index contributed by atoms with van der Waals surface area (Å²) in [5.74, 6) is 1.08. The molecule has 0 spiro atoms. The van der Waals surface area contributed by atoms with Gasteiger partial charge in [-0.2, -0.15) is 9.41 Å². The summed E-state index contributed by atoms with van der Waals surface area (Å²) in [7, 11) is 1.44. The SMILES string of the molecule is COc1ccc(C2=NN(C3CCN(S(=O)(=O)c4ccc5c(ccn5C)c4)CC3)C(=O)C2(C)C)cc1OC. The maximum atomic E-state index is 13.4. The molecular weight excluding hydrogens is 492 g/mol. The largest absolute Gasteiger partial charge is 0.493 e. The van der Waals surface area contributed by atoms with E-state index >= 15 is 0 Å². The van der Waals surface area contributed by atoms with Gasteiger partial charge in [0.25, 0.3) is 5.91 Å². The molecule has 1 aromatic heterocycles. The van der Waals surface area contributed by atoms with Gasteiger partial charge in [-0.1, -0.05) is 0 Å². The number of fused-ring (bicyclic) bond motifs is 1. The monoisotopic (exact) mass is 524 g/mol. The number of aryl methyl sites for hydroxylation is 1. The van der Waals surface area contributed by atoms with Crippen LogP contribution in [0.15, 0.2) is 58.7 Å². The molecular formula is C27H32N4O5S. The van der Waals surface area contributed by atoms with Crippen LogP contribution in [0.2, 0.25) is 0 Å². The molecule has 0 unspecified atom stereocenters. The predicted octanol–water partition coefficient (Wildman–Crippen LogP) is 3.62. The highest BCUT2D eigenvalue weighted by atomic mass is 32.2. The lowest BCUT2D eigenvalue weighted by molar-refractivity contribution is -0.137. The average Bonchev–Trinajstić information content (AvgIpc) is 3.39. The number of sulfonamides is 1. The van der Waals surface area contributed by atoms with Gasteiger partial charge in [-0.15, -0.1) is 0 Å². The first-order valence-corrected chi connectivity index (χ1v) is 13.7. The van der Waals surface area contributed by atoms with Crippen molar-refractivity contribution >= 4 is 32.5 Å². The normalized spacial score (nSPS) is 18.9. The van der Waals surface area contributed by atoms with Crippen LogP contribution in [-0.4, -0.2) is 67.3 Å². The fraction of sp³-hybridized carbons (Fsp3) is 0.407. The Morgan fingerprint density at radius 2 is 1.68 bits per heavy atom. The molecule has 0 N–H and O–H groups in total. The minimum Gasteiger partial charge on any atom is -0.493 e. The molecule has 10 heteroatoms. The molecule has 2 aliphatic rings. The highest BCUT2D eigenvalue weighted by molar-refractivity contribution is 7.89. The fourth-order valence-corrected chi connectivity index (χ4v) is 6.72. The molecule has 37 heavy (non-hydrogen) atoms. The van der Waals surface area contributed by atoms with Crippen molar-refractivity contribution in [1.82, 2.24) is 13.9 Å². The van der Waals surface area contributed by atoms with Crippen LogP contribution in [0, 0.1) is 5.41 Å². The van der Waals surface area contributed by atoms with E-state index < -0.39 is 15.4 Å². The van der Waals surface area contributed by atoms with Crippen LogP contribution in [0.1, 0.15) is 32.3 Å². The summed E-state index contributed by atoms with van der Waals surface area (Å²) in [6, 6.07) is 12.5. The molecule has 3 aromatic rings. The predicted molar refractivity (Wildman–Crippen MR) is 141 cm³/mol. The Morgan fingerprint density at radius 1 is 0.973 bits per heavy atom. The molecule has 1 fully saturated rings. The van der Waals surface area contributed by atoms with E-state index in [1.165, 1.54) is 4.31 Å². The van der Waals surface area contributed by atoms with Crippen molar-refractivity contribution in [3.8, 4) is 11.5 Å². The van der Waals surface area contributed by atoms with Crippen molar-refractivity contribution in [2.45, 2.75) is 37.6 Å². The van der Waals surface area contributed by atoms with Crippen LogP contribution >= 0.6 is 0 Å². The van der Waals surface area contributed by atoms with Crippen molar-refractivity contribution in [1.29, 1.82) is 0 Å². The second-order valence-electron chi connectivity index (χ2n) is 10.1. The van der Waals surface area contributed by atoms with Gasteiger partial charge in [0.1, 0.15) is 0 Å². The molecule has 0 atom stereocenters. The summed E-state index contributed by atoms with van der Waals surface area (Å²) < 4.78 is 41.0. The summed E-state index contributed by atoms with van der Waals surface area (Å²) in [6.07, 6.45) is 2.94.